The third kappa shape index (κ3) is 5.59. The van der Waals surface area contributed by atoms with E-state index in [1.807, 2.05) is 0 Å². The summed E-state index contributed by atoms with van der Waals surface area (Å²) >= 11 is 0. The molecule has 1 atom stereocenters. The van der Waals surface area contributed by atoms with E-state index in [1.165, 1.54) is 0 Å². The van der Waals surface area contributed by atoms with Crippen molar-refractivity contribution >= 4 is 15.9 Å². The molecule has 0 bridgehead atoms. The Hall–Kier alpha value is -3.52. The van der Waals surface area contributed by atoms with E-state index >= 15 is 0 Å². The summed E-state index contributed by atoms with van der Waals surface area (Å²) in [5, 5.41) is 2.42. The Labute approximate surface area is 207 Å². The van der Waals surface area contributed by atoms with E-state index in [-0.39, 0.29) is 34.6 Å². The van der Waals surface area contributed by atoms with Gasteiger partial charge in [0.2, 0.25) is 21.8 Å². The number of aromatic nitrogens is 2. The number of hydrogen-bond acceptors (Lipinski definition) is 5. The summed E-state index contributed by atoms with van der Waals surface area (Å²) in [7, 11) is -4.12. The summed E-state index contributed by atoms with van der Waals surface area (Å²) in [6.45, 7) is -0.416. The van der Waals surface area contributed by atoms with Crippen molar-refractivity contribution in [2.45, 2.75) is 36.5 Å². The van der Waals surface area contributed by atoms with Gasteiger partial charge >= 0.3 is 6.18 Å². The van der Waals surface area contributed by atoms with Crippen molar-refractivity contribution in [2.24, 2.45) is 0 Å². The van der Waals surface area contributed by atoms with E-state index in [2.05, 4.69) is 15.3 Å². The SMILES string of the molecule is O=C(NCc1cc(-c2cnc(C(F)(F)F)nc2)c(F)cc1F)[C@@H]1CCCN1S(=O)(=O)c1ccc(F)cc1. The molecule has 0 radical (unpaired) electrons. The lowest BCUT2D eigenvalue weighted by Crippen LogP contribution is -2.45. The zero-order chi connectivity index (χ0) is 27.0. The fraction of sp³-hybridized carbons (Fsp3) is 0.261. The van der Waals surface area contributed by atoms with Crippen LogP contribution in [0.5, 0.6) is 0 Å². The monoisotopic (exact) mass is 544 g/mol. The first-order valence-corrected chi connectivity index (χ1v) is 12.2. The average molecular weight is 544 g/mol. The van der Waals surface area contributed by atoms with Gasteiger partial charge in [-0.15, -0.1) is 0 Å². The Morgan fingerprint density at radius 3 is 2.30 bits per heavy atom. The first-order valence-electron chi connectivity index (χ1n) is 10.8. The van der Waals surface area contributed by atoms with Crippen molar-refractivity contribution in [2.75, 3.05) is 6.54 Å². The zero-order valence-corrected chi connectivity index (χ0v) is 19.6. The number of hydrogen-bond donors (Lipinski definition) is 1. The molecule has 1 aliphatic heterocycles. The topological polar surface area (TPSA) is 92.3 Å². The van der Waals surface area contributed by atoms with Crippen LogP contribution < -0.4 is 5.32 Å². The van der Waals surface area contributed by atoms with Crippen molar-refractivity contribution < 1.29 is 39.6 Å². The zero-order valence-electron chi connectivity index (χ0n) is 18.8. The average Bonchev–Trinajstić information content (AvgIpc) is 3.34. The second kappa shape index (κ2) is 10.1. The quantitative estimate of drug-likeness (QED) is 0.473. The minimum atomic E-state index is -4.80. The van der Waals surface area contributed by atoms with E-state index in [9.17, 15) is 39.6 Å². The smallest absolute Gasteiger partial charge is 0.351 e. The molecular weight excluding hydrogens is 526 g/mol. The van der Waals surface area contributed by atoms with Gasteiger partial charge in [0.05, 0.1) is 4.90 Å². The molecule has 2 aromatic carbocycles. The molecule has 14 heteroatoms. The Bertz CT molecular complexity index is 1410. The molecule has 4 rings (SSSR count). The van der Waals surface area contributed by atoms with Crippen LogP contribution in [-0.4, -0.2) is 41.2 Å². The maximum atomic E-state index is 14.4. The molecule has 1 N–H and O–H groups in total. The maximum Gasteiger partial charge on any atom is 0.451 e. The van der Waals surface area contributed by atoms with E-state index in [1.54, 1.807) is 0 Å². The molecular formula is C23H18F6N4O3S. The summed E-state index contributed by atoms with van der Waals surface area (Å²) in [6.07, 6.45) is -2.75. The molecule has 0 spiro atoms. The lowest BCUT2D eigenvalue weighted by atomic mass is 10.0. The number of nitrogens with one attached hydrogen (secondary N) is 1. The second-order valence-electron chi connectivity index (χ2n) is 8.16. The highest BCUT2D eigenvalue weighted by Gasteiger charge is 2.39. The number of nitrogens with zero attached hydrogens (tertiary/aromatic N) is 3. The molecule has 0 aliphatic carbocycles. The summed E-state index contributed by atoms with van der Waals surface area (Å²) < 4.78 is 107. The van der Waals surface area contributed by atoms with Crippen molar-refractivity contribution in [1.82, 2.24) is 19.6 Å². The molecule has 0 saturated carbocycles. The van der Waals surface area contributed by atoms with Gasteiger partial charge in [0.15, 0.2) is 0 Å². The minimum Gasteiger partial charge on any atom is -0.351 e. The van der Waals surface area contributed by atoms with Gasteiger partial charge in [-0.25, -0.2) is 31.6 Å². The van der Waals surface area contributed by atoms with Gasteiger partial charge in [0, 0.05) is 48.2 Å². The van der Waals surface area contributed by atoms with Crippen LogP contribution >= 0.6 is 0 Å². The molecule has 37 heavy (non-hydrogen) atoms. The molecule has 1 saturated heterocycles. The van der Waals surface area contributed by atoms with Gasteiger partial charge in [-0.05, 0) is 43.2 Å². The van der Waals surface area contributed by atoms with Crippen molar-refractivity contribution in [3.8, 4) is 11.1 Å². The van der Waals surface area contributed by atoms with Gasteiger partial charge in [-0.1, -0.05) is 0 Å². The highest BCUT2D eigenvalue weighted by molar-refractivity contribution is 7.89. The first kappa shape index (κ1) is 26.5. The number of benzene rings is 2. The second-order valence-corrected chi connectivity index (χ2v) is 10.1. The van der Waals surface area contributed by atoms with Crippen molar-refractivity contribution in [3.05, 3.63) is 77.6 Å². The van der Waals surface area contributed by atoms with Crippen LogP contribution in [0.1, 0.15) is 24.2 Å². The molecule has 1 aliphatic rings. The summed E-state index contributed by atoms with van der Waals surface area (Å²) in [5.74, 6) is -4.90. The number of halogens is 6. The Morgan fingerprint density at radius 2 is 1.68 bits per heavy atom. The van der Waals surface area contributed by atoms with Crippen LogP contribution in [0.15, 0.2) is 53.7 Å². The van der Waals surface area contributed by atoms with Crippen molar-refractivity contribution in [3.63, 3.8) is 0 Å². The van der Waals surface area contributed by atoms with Gasteiger partial charge in [-0.3, -0.25) is 4.79 Å². The number of carbonyl (C=O) groups is 1. The Kier molecular flexibility index (Phi) is 7.24. The molecule has 3 aromatic rings. The van der Waals surface area contributed by atoms with Crippen LogP contribution in [0, 0.1) is 17.5 Å². The van der Waals surface area contributed by atoms with Crippen LogP contribution in [0.4, 0.5) is 26.3 Å². The third-order valence-corrected chi connectivity index (χ3v) is 7.65. The Balaban J connectivity index is 1.51. The minimum absolute atomic E-state index is 0.0424. The number of amides is 1. The molecule has 1 amide bonds. The predicted octanol–water partition coefficient (Wildman–Crippen LogP) is 4.05. The van der Waals surface area contributed by atoms with Gasteiger partial charge in [0.25, 0.3) is 0 Å². The summed E-state index contributed by atoms with van der Waals surface area (Å²) in [5.41, 5.74) is -0.637. The number of alkyl halides is 3. The number of sulfonamides is 1. The summed E-state index contributed by atoms with van der Waals surface area (Å²) in [4.78, 5) is 18.9. The van der Waals surface area contributed by atoms with Gasteiger partial charge < -0.3 is 5.32 Å². The molecule has 7 nitrogen and oxygen atoms in total. The Morgan fingerprint density at radius 1 is 1.03 bits per heavy atom. The largest absolute Gasteiger partial charge is 0.451 e. The normalized spacial score (nSPS) is 16.6. The van der Waals surface area contributed by atoms with Crippen LogP contribution in [0.3, 0.4) is 0 Å². The highest BCUT2D eigenvalue weighted by atomic mass is 32.2. The lowest BCUT2D eigenvalue weighted by Gasteiger charge is -2.23. The molecule has 0 unspecified atom stereocenters. The number of carbonyl (C=O) groups excluding carboxylic acids is 1. The van der Waals surface area contributed by atoms with E-state index < -0.39 is 58.0 Å². The van der Waals surface area contributed by atoms with E-state index in [0.717, 1.165) is 47.0 Å². The van der Waals surface area contributed by atoms with E-state index in [4.69, 9.17) is 0 Å². The van der Waals surface area contributed by atoms with Crippen molar-refractivity contribution in [1.29, 1.82) is 0 Å². The standard InChI is InChI=1S/C23H18F6N4O3S/c24-15-3-5-16(6-4-15)37(35,36)33-7-1-2-20(33)21(34)30-10-13-8-17(19(26)9-18(13)25)14-11-31-22(32-12-14)23(27,28)29/h3-6,8-9,11-12,20H,1-2,7,10H2,(H,30,34)/t20-/m0/s1. The lowest BCUT2D eigenvalue weighted by molar-refractivity contribution is -0.145. The molecule has 2 heterocycles. The first-order chi connectivity index (χ1) is 17.4. The summed E-state index contributed by atoms with van der Waals surface area (Å²) in [6, 6.07) is 4.52. The molecule has 196 valence electrons. The fourth-order valence-electron chi connectivity index (χ4n) is 3.90. The highest BCUT2D eigenvalue weighted by Crippen LogP contribution is 2.30. The molecule has 1 aromatic heterocycles. The van der Waals surface area contributed by atoms with E-state index in [0.29, 0.717) is 12.5 Å². The fourth-order valence-corrected chi connectivity index (χ4v) is 5.55. The van der Waals surface area contributed by atoms with Crippen LogP contribution in [-0.2, 0) is 27.5 Å². The predicted molar refractivity (Wildman–Crippen MR) is 118 cm³/mol. The van der Waals surface area contributed by atoms with Crippen LogP contribution in [0.2, 0.25) is 0 Å². The third-order valence-electron chi connectivity index (χ3n) is 5.73. The van der Waals surface area contributed by atoms with Gasteiger partial charge in [0.1, 0.15) is 23.5 Å². The maximum absolute atomic E-state index is 14.4. The number of rotatable bonds is 6. The molecule has 1 fully saturated rings. The van der Waals surface area contributed by atoms with Crippen LogP contribution in [0.25, 0.3) is 11.1 Å². The van der Waals surface area contributed by atoms with Gasteiger partial charge in [-0.2, -0.15) is 17.5 Å².